The number of hydrogen-bond donors (Lipinski definition) is 0. The van der Waals surface area contributed by atoms with Crippen LogP contribution in [0.3, 0.4) is 0 Å². The summed E-state index contributed by atoms with van der Waals surface area (Å²) in [6, 6.07) is 6.13. The van der Waals surface area contributed by atoms with E-state index in [1.54, 1.807) is 17.0 Å². The summed E-state index contributed by atoms with van der Waals surface area (Å²) in [5.74, 6) is 0. The van der Waals surface area contributed by atoms with Gasteiger partial charge in [-0.05, 0) is 42.2 Å². The average Bonchev–Trinajstić information content (AvgIpc) is 3.01. The second-order valence-electron chi connectivity index (χ2n) is 8.67. The van der Waals surface area contributed by atoms with Gasteiger partial charge in [-0.3, -0.25) is 10.1 Å². The van der Waals surface area contributed by atoms with Crippen molar-refractivity contribution in [3.05, 3.63) is 39.9 Å². The Morgan fingerprint density at radius 2 is 1.93 bits per heavy atom. The number of ether oxygens (including phenoxy) is 1. The second kappa shape index (κ2) is 9.08. The van der Waals surface area contributed by atoms with Crippen LogP contribution in [0.5, 0.6) is 0 Å². The van der Waals surface area contributed by atoms with Crippen molar-refractivity contribution in [3.8, 4) is 0 Å². The summed E-state index contributed by atoms with van der Waals surface area (Å²) < 4.78 is 12.8. The highest BCUT2D eigenvalue weighted by Crippen LogP contribution is 2.39. The molecule has 0 aromatic heterocycles. The van der Waals surface area contributed by atoms with Crippen molar-refractivity contribution in [1.82, 2.24) is 4.90 Å². The zero-order chi connectivity index (χ0) is 21.1. The van der Waals surface area contributed by atoms with E-state index in [4.69, 9.17) is 9.16 Å². The SMILES string of the molecule is CC(C)(C)[Si](C)(C)OC1CC(CI)N(C(=O)OCc2ccc([N+](=O)[O-])cc2)C1. The Hall–Kier alpha value is -1.20. The normalized spacial score (nSPS) is 20.3. The molecule has 1 aliphatic heterocycles. The predicted molar refractivity (Wildman–Crippen MR) is 119 cm³/mol. The van der Waals surface area contributed by atoms with E-state index >= 15 is 0 Å². The number of non-ortho nitro benzene ring substituents is 1. The number of alkyl halides is 1. The highest BCUT2D eigenvalue weighted by atomic mass is 127. The minimum Gasteiger partial charge on any atom is -0.445 e. The number of nitro groups is 1. The molecule has 0 spiro atoms. The molecular weight excluding hydrogens is 491 g/mol. The van der Waals surface area contributed by atoms with Crippen LogP contribution in [0.2, 0.25) is 18.1 Å². The largest absolute Gasteiger partial charge is 0.445 e. The molecule has 7 nitrogen and oxygen atoms in total. The van der Waals surface area contributed by atoms with E-state index in [1.807, 2.05) is 0 Å². The Morgan fingerprint density at radius 3 is 2.43 bits per heavy atom. The third-order valence-electron chi connectivity index (χ3n) is 5.57. The first-order valence-corrected chi connectivity index (χ1v) is 13.8. The fraction of sp³-hybridized carbons (Fsp3) is 0.632. The van der Waals surface area contributed by atoms with Crippen LogP contribution >= 0.6 is 22.6 Å². The van der Waals surface area contributed by atoms with Crippen molar-refractivity contribution >= 4 is 42.7 Å². The van der Waals surface area contributed by atoms with Crippen LogP contribution in [0.25, 0.3) is 0 Å². The van der Waals surface area contributed by atoms with Crippen LogP contribution in [0.15, 0.2) is 24.3 Å². The second-order valence-corrected chi connectivity index (χ2v) is 14.3. The average molecular weight is 520 g/mol. The van der Waals surface area contributed by atoms with Gasteiger partial charge < -0.3 is 14.1 Å². The Bertz CT molecular complexity index is 705. The van der Waals surface area contributed by atoms with Crippen molar-refractivity contribution in [3.63, 3.8) is 0 Å². The molecule has 0 saturated carbocycles. The fourth-order valence-electron chi connectivity index (χ4n) is 2.86. The number of likely N-dealkylation sites (tertiary alicyclic amines) is 1. The van der Waals surface area contributed by atoms with Crippen LogP contribution in [0, 0.1) is 10.1 Å². The van der Waals surface area contributed by atoms with Gasteiger partial charge in [-0.2, -0.15) is 0 Å². The molecular formula is C19H29IN2O5Si. The van der Waals surface area contributed by atoms with Gasteiger partial charge in [0.15, 0.2) is 8.32 Å². The van der Waals surface area contributed by atoms with Gasteiger partial charge in [-0.15, -0.1) is 0 Å². The summed E-state index contributed by atoms with van der Waals surface area (Å²) in [5, 5.41) is 10.8. The topological polar surface area (TPSA) is 81.9 Å². The fourth-order valence-corrected chi connectivity index (χ4v) is 5.06. The lowest BCUT2D eigenvalue weighted by atomic mass is 10.2. The maximum absolute atomic E-state index is 12.6. The van der Waals surface area contributed by atoms with E-state index in [2.05, 4.69) is 56.5 Å². The summed E-state index contributed by atoms with van der Waals surface area (Å²) in [6.07, 6.45) is 0.496. The summed E-state index contributed by atoms with van der Waals surface area (Å²) in [4.78, 5) is 24.6. The highest BCUT2D eigenvalue weighted by molar-refractivity contribution is 14.1. The molecule has 2 rings (SSSR count). The molecule has 1 saturated heterocycles. The maximum atomic E-state index is 12.6. The number of rotatable bonds is 6. The van der Waals surface area contributed by atoms with E-state index in [1.165, 1.54) is 12.1 Å². The summed E-state index contributed by atoms with van der Waals surface area (Å²) >= 11 is 2.29. The molecule has 9 heteroatoms. The van der Waals surface area contributed by atoms with Gasteiger partial charge in [0.05, 0.1) is 11.0 Å². The van der Waals surface area contributed by atoms with Gasteiger partial charge in [0.2, 0.25) is 0 Å². The van der Waals surface area contributed by atoms with Gasteiger partial charge >= 0.3 is 6.09 Å². The molecule has 1 amide bonds. The van der Waals surface area contributed by atoms with Gasteiger partial charge in [0, 0.05) is 29.1 Å². The first kappa shape index (κ1) is 23.1. The third-order valence-corrected chi connectivity index (χ3v) is 11.1. The zero-order valence-electron chi connectivity index (χ0n) is 17.1. The molecule has 0 aliphatic carbocycles. The molecule has 1 fully saturated rings. The number of nitro benzene ring substituents is 1. The molecule has 1 aromatic rings. The summed E-state index contributed by atoms with van der Waals surface area (Å²) in [6.45, 7) is 11.7. The van der Waals surface area contributed by atoms with Crippen molar-refractivity contribution in [1.29, 1.82) is 0 Å². The van der Waals surface area contributed by atoms with Crippen molar-refractivity contribution < 1.29 is 18.9 Å². The van der Waals surface area contributed by atoms with E-state index in [-0.39, 0.29) is 35.6 Å². The quantitative estimate of drug-likeness (QED) is 0.171. The number of amides is 1. The van der Waals surface area contributed by atoms with Crippen LogP contribution in [0.4, 0.5) is 10.5 Å². The number of carbonyl (C=O) groups is 1. The monoisotopic (exact) mass is 520 g/mol. The Morgan fingerprint density at radius 1 is 1.32 bits per heavy atom. The van der Waals surface area contributed by atoms with E-state index in [0.29, 0.717) is 6.54 Å². The first-order valence-electron chi connectivity index (χ1n) is 9.35. The Balaban J connectivity index is 1.95. The number of carbonyl (C=O) groups excluding carboxylic acids is 1. The lowest BCUT2D eigenvalue weighted by molar-refractivity contribution is -0.384. The van der Waals surface area contributed by atoms with Crippen LogP contribution < -0.4 is 0 Å². The standard InChI is InChI=1S/C19H29IN2O5Si/c1-19(2,3)28(4,5)27-17-10-16(11-20)21(12-17)18(23)26-13-14-6-8-15(9-7-14)22(24)25/h6-9,16-17H,10-13H2,1-5H3. The molecule has 0 bridgehead atoms. The van der Waals surface area contributed by atoms with Gasteiger partial charge in [0.25, 0.3) is 5.69 Å². The zero-order valence-corrected chi connectivity index (χ0v) is 20.3. The van der Waals surface area contributed by atoms with E-state index in [9.17, 15) is 14.9 Å². The lowest BCUT2D eigenvalue weighted by Gasteiger charge is -2.38. The molecule has 1 aromatic carbocycles. The van der Waals surface area contributed by atoms with Crippen molar-refractivity contribution in [2.24, 2.45) is 0 Å². The number of nitrogens with zero attached hydrogens (tertiary/aromatic N) is 2. The Labute approximate surface area is 181 Å². The lowest BCUT2D eigenvalue weighted by Crippen LogP contribution is -2.44. The maximum Gasteiger partial charge on any atom is 0.410 e. The van der Waals surface area contributed by atoms with Crippen molar-refractivity contribution in [2.45, 2.75) is 64.1 Å². The Kier molecular flexibility index (Phi) is 7.48. The predicted octanol–water partition coefficient (Wildman–Crippen LogP) is 5.13. The number of halogens is 1. The molecule has 28 heavy (non-hydrogen) atoms. The first-order chi connectivity index (χ1) is 12.9. The van der Waals surface area contributed by atoms with E-state index in [0.717, 1.165) is 16.4 Å². The number of hydrogen-bond acceptors (Lipinski definition) is 5. The van der Waals surface area contributed by atoms with Gasteiger partial charge in [-0.1, -0.05) is 43.4 Å². The van der Waals surface area contributed by atoms with E-state index < -0.39 is 13.2 Å². The van der Waals surface area contributed by atoms with Crippen LogP contribution in [0.1, 0.15) is 32.8 Å². The molecule has 2 unspecified atom stereocenters. The molecule has 1 heterocycles. The van der Waals surface area contributed by atoms with Crippen LogP contribution in [-0.4, -0.2) is 47.4 Å². The van der Waals surface area contributed by atoms with Gasteiger partial charge in [0.1, 0.15) is 6.61 Å². The molecule has 0 radical (unpaired) electrons. The van der Waals surface area contributed by atoms with Crippen molar-refractivity contribution in [2.75, 3.05) is 11.0 Å². The highest BCUT2D eigenvalue weighted by Gasteiger charge is 2.43. The smallest absolute Gasteiger partial charge is 0.410 e. The molecule has 1 aliphatic rings. The third kappa shape index (κ3) is 5.66. The minimum atomic E-state index is -1.90. The number of benzene rings is 1. The molecule has 0 N–H and O–H groups in total. The summed E-state index contributed by atoms with van der Waals surface area (Å²) in [5.41, 5.74) is 0.739. The minimum absolute atomic E-state index is 0.0187. The van der Waals surface area contributed by atoms with Crippen LogP contribution in [-0.2, 0) is 15.8 Å². The molecule has 2 atom stereocenters. The van der Waals surface area contributed by atoms with Gasteiger partial charge in [-0.25, -0.2) is 4.79 Å². The molecule has 156 valence electrons. The summed E-state index contributed by atoms with van der Waals surface area (Å²) in [7, 11) is -1.90.